The summed E-state index contributed by atoms with van der Waals surface area (Å²) in [5, 5.41) is 9.35. The molecular formula is C12H20N2O. The molecule has 0 aliphatic rings. The summed E-state index contributed by atoms with van der Waals surface area (Å²) < 4.78 is 0. The summed E-state index contributed by atoms with van der Waals surface area (Å²) >= 11 is 0. The van der Waals surface area contributed by atoms with Gasteiger partial charge in [-0.25, -0.2) is 0 Å². The SMILES string of the molecule is Cc1ccc(N(C)CCC(O)CN)cc1. The molecule has 0 bridgehead atoms. The van der Waals surface area contributed by atoms with Gasteiger partial charge in [0.1, 0.15) is 0 Å². The highest BCUT2D eigenvalue weighted by Crippen LogP contribution is 2.13. The normalized spacial score (nSPS) is 12.5. The first kappa shape index (κ1) is 12.0. The Balaban J connectivity index is 2.46. The molecular weight excluding hydrogens is 188 g/mol. The van der Waals surface area contributed by atoms with Gasteiger partial charge in [-0.2, -0.15) is 0 Å². The second-order valence-corrected chi connectivity index (χ2v) is 3.94. The van der Waals surface area contributed by atoms with Crippen LogP contribution in [0, 0.1) is 6.92 Å². The van der Waals surface area contributed by atoms with Gasteiger partial charge in [-0.3, -0.25) is 0 Å². The van der Waals surface area contributed by atoms with Crippen molar-refractivity contribution in [2.75, 3.05) is 25.0 Å². The third kappa shape index (κ3) is 3.90. The van der Waals surface area contributed by atoms with Crippen LogP contribution in [-0.4, -0.2) is 31.3 Å². The second-order valence-electron chi connectivity index (χ2n) is 3.94. The number of rotatable bonds is 5. The molecule has 1 atom stereocenters. The van der Waals surface area contributed by atoms with Gasteiger partial charge in [0.25, 0.3) is 0 Å². The summed E-state index contributed by atoms with van der Waals surface area (Å²) in [6.07, 6.45) is 0.318. The van der Waals surface area contributed by atoms with Crippen molar-refractivity contribution >= 4 is 5.69 Å². The molecule has 3 heteroatoms. The van der Waals surface area contributed by atoms with E-state index in [4.69, 9.17) is 5.73 Å². The van der Waals surface area contributed by atoms with Crippen molar-refractivity contribution in [1.29, 1.82) is 0 Å². The number of aliphatic hydroxyl groups is 1. The van der Waals surface area contributed by atoms with Gasteiger partial charge in [0.15, 0.2) is 0 Å². The number of benzene rings is 1. The summed E-state index contributed by atoms with van der Waals surface area (Å²) in [7, 11) is 2.02. The Morgan fingerprint density at radius 2 is 1.93 bits per heavy atom. The van der Waals surface area contributed by atoms with Gasteiger partial charge >= 0.3 is 0 Å². The van der Waals surface area contributed by atoms with Crippen LogP contribution in [0.25, 0.3) is 0 Å². The maximum absolute atomic E-state index is 9.35. The van der Waals surface area contributed by atoms with E-state index in [1.165, 1.54) is 11.3 Å². The molecule has 1 aromatic carbocycles. The number of anilines is 1. The van der Waals surface area contributed by atoms with E-state index in [0.717, 1.165) is 6.54 Å². The fourth-order valence-electron chi connectivity index (χ4n) is 1.39. The maximum atomic E-state index is 9.35. The van der Waals surface area contributed by atoms with Crippen LogP contribution in [0.1, 0.15) is 12.0 Å². The summed E-state index contributed by atoms with van der Waals surface area (Å²) in [6, 6.07) is 8.35. The average Bonchev–Trinajstić information content (AvgIpc) is 2.26. The van der Waals surface area contributed by atoms with E-state index in [-0.39, 0.29) is 0 Å². The zero-order valence-corrected chi connectivity index (χ0v) is 9.48. The van der Waals surface area contributed by atoms with E-state index in [0.29, 0.717) is 13.0 Å². The van der Waals surface area contributed by atoms with E-state index >= 15 is 0 Å². The first-order valence-electron chi connectivity index (χ1n) is 5.29. The number of aryl methyl sites for hydroxylation is 1. The summed E-state index contributed by atoms with van der Waals surface area (Å²) in [4.78, 5) is 2.12. The predicted octanol–water partition coefficient (Wildman–Crippen LogP) is 1.14. The molecule has 0 heterocycles. The van der Waals surface area contributed by atoms with E-state index in [9.17, 15) is 5.11 Å². The number of aliphatic hydroxyl groups excluding tert-OH is 1. The zero-order valence-electron chi connectivity index (χ0n) is 9.48. The van der Waals surface area contributed by atoms with Crippen LogP contribution in [0.3, 0.4) is 0 Å². The van der Waals surface area contributed by atoms with Crippen molar-refractivity contribution in [3.63, 3.8) is 0 Å². The van der Waals surface area contributed by atoms with Crippen molar-refractivity contribution in [2.24, 2.45) is 5.73 Å². The van der Waals surface area contributed by atoms with Gasteiger partial charge in [0, 0.05) is 25.8 Å². The first-order chi connectivity index (χ1) is 7.13. The van der Waals surface area contributed by atoms with Crippen LogP contribution in [-0.2, 0) is 0 Å². The van der Waals surface area contributed by atoms with Gasteiger partial charge in [-0.15, -0.1) is 0 Å². The van der Waals surface area contributed by atoms with E-state index < -0.39 is 6.10 Å². The minimum absolute atomic E-state index is 0.335. The van der Waals surface area contributed by atoms with Crippen LogP contribution >= 0.6 is 0 Å². The van der Waals surface area contributed by atoms with Crippen LogP contribution in [0.15, 0.2) is 24.3 Å². The monoisotopic (exact) mass is 208 g/mol. The quantitative estimate of drug-likeness (QED) is 0.763. The van der Waals surface area contributed by atoms with Crippen molar-refractivity contribution in [2.45, 2.75) is 19.4 Å². The Kier molecular flexibility index (Phi) is 4.59. The second kappa shape index (κ2) is 5.73. The van der Waals surface area contributed by atoms with Crippen molar-refractivity contribution < 1.29 is 5.11 Å². The molecule has 0 saturated heterocycles. The molecule has 0 amide bonds. The van der Waals surface area contributed by atoms with E-state index in [2.05, 4.69) is 36.1 Å². The summed E-state index contributed by atoms with van der Waals surface area (Å²) in [5.41, 5.74) is 7.78. The lowest BCUT2D eigenvalue weighted by molar-refractivity contribution is 0.175. The number of hydrogen-bond donors (Lipinski definition) is 2. The predicted molar refractivity (Wildman–Crippen MR) is 64.1 cm³/mol. The molecule has 0 aromatic heterocycles. The largest absolute Gasteiger partial charge is 0.392 e. The number of nitrogens with two attached hydrogens (primary N) is 1. The summed E-state index contributed by atoms with van der Waals surface area (Å²) in [5.74, 6) is 0. The highest BCUT2D eigenvalue weighted by molar-refractivity contribution is 5.46. The van der Waals surface area contributed by atoms with Crippen molar-refractivity contribution in [3.05, 3.63) is 29.8 Å². The maximum Gasteiger partial charge on any atom is 0.0679 e. The van der Waals surface area contributed by atoms with Gasteiger partial charge in [0.2, 0.25) is 0 Å². The molecule has 0 fully saturated rings. The molecule has 0 radical (unpaired) electrons. The third-order valence-corrected chi connectivity index (χ3v) is 2.54. The number of nitrogens with zero attached hydrogens (tertiary/aromatic N) is 1. The number of hydrogen-bond acceptors (Lipinski definition) is 3. The molecule has 84 valence electrons. The molecule has 1 aromatic rings. The molecule has 3 N–H and O–H groups in total. The van der Waals surface area contributed by atoms with Crippen molar-refractivity contribution in [1.82, 2.24) is 0 Å². The van der Waals surface area contributed by atoms with Gasteiger partial charge < -0.3 is 15.7 Å². The fourth-order valence-corrected chi connectivity index (χ4v) is 1.39. The Labute approximate surface area is 91.5 Å². The fraction of sp³-hybridized carbons (Fsp3) is 0.500. The van der Waals surface area contributed by atoms with Gasteiger partial charge in [-0.05, 0) is 25.5 Å². The Morgan fingerprint density at radius 1 is 1.33 bits per heavy atom. The van der Waals surface area contributed by atoms with Crippen LogP contribution in [0.4, 0.5) is 5.69 Å². The smallest absolute Gasteiger partial charge is 0.0679 e. The topological polar surface area (TPSA) is 49.5 Å². The molecule has 0 spiro atoms. The molecule has 0 saturated carbocycles. The third-order valence-electron chi connectivity index (χ3n) is 2.54. The molecule has 0 aliphatic carbocycles. The lowest BCUT2D eigenvalue weighted by Crippen LogP contribution is -2.27. The first-order valence-corrected chi connectivity index (χ1v) is 5.29. The van der Waals surface area contributed by atoms with E-state index in [1.807, 2.05) is 7.05 Å². The minimum atomic E-state index is -0.391. The van der Waals surface area contributed by atoms with Crippen LogP contribution < -0.4 is 10.6 Å². The van der Waals surface area contributed by atoms with E-state index in [1.54, 1.807) is 0 Å². The molecule has 1 unspecified atom stereocenters. The highest BCUT2D eigenvalue weighted by Gasteiger charge is 2.04. The minimum Gasteiger partial charge on any atom is -0.392 e. The van der Waals surface area contributed by atoms with Crippen LogP contribution in [0.2, 0.25) is 0 Å². The van der Waals surface area contributed by atoms with Crippen molar-refractivity contribution in [3.8, 4) is 0 Å². The lowest BCUT2D eigenvalue weighted by Gasteiger charge is -2.20. The average molecular weight is 208 g/mol. The zero-order chi connectivity index (χ0) is 11.3. The molecule has 0 aliphatic heterocycles. The van der Waals surface area contributed by atoms with Gasteiger partial charge in [0.05, 0.1) is 6.10 Å². The van der Waals surface area contributed by atoms with Gasteiger partial charge in [-0.1, -0.05) is 17.7 Å². The Bertz CT molecular complexity index is 284. The molecule has 15 heavy (non-hydrogen) atoms. The highest BCUT2D eigenvalue weighted by atomic mass is 16.3. The Hall–Kier alpha value is -1.06. The van der Waals surface area contributed by atoms with Crippen LogP contribution in [0.5, 0.6) is 0 Å². The lowest BCUT2D eigenvalue weighted by atomic mass is 10.2. The molecule has 3 nitrogen and oxygen atoms in total. The standard InChI is InChI=1S/C12H20N2O/c1-10-3-5-11(6-4-10)14(2)8-7-12(15)9-13/h3-6,12,15H,7-9,13H2,1-2H3. The molecule has 1 rings (SSSR count). The summed E-state index contributed by atoms with van der Waals surface area (Å²) in [6.45, 7) is 3.23. The Morgan fingerprint density at radius 3 is 2.47 bits per heavy atom.